The number of halogens is 1. The van der Waals surface area contributed by atoms with Crippen LogP contribution < -0.4 is 15.4 Å². The number of hydrogen-bond acceptors (Lipinski definition) is 6. The van der Waals surface area contributed by atoms with E-state index in [9.17, 15) is 4.79 Å². The Labute approximate surface area is 174 Å². The van der Waals surface area contributed by atoms with Gasteiger partial charge in [0.05, 0.1) is 17.2 Å². The minimum Gasteiger partial charge on any atom is -0.491 e. The first-order valence-corrected chi connectivity index (χ1v) is 10.2. The lowest BCUT2D eigenvalue weighted by molar-refractivity contribution is 0.209. The van der Waals surface area contributed by atoms with E-state index in [0.29, 0.717) is 28.9 Å². The van der Waals surface area contributed by atoms with E-state index in [1.165, 1.54) is 23.2 Å². The summed E-state index contributed by atoms with van der Waals surface area (Å²) in [5.41, 5.74) is 1.93. The zero-order valence-electron chi connectivity index (χ0n) is 15.1. The molecule has 0 fully saturated rings. The van der Waals surface area contributed by atoms with Gasteiger partial charge < -0.3 is 15.2 Å². The summed E-state index contributed by atoms with van der Waals surface area (Å²) >= 11 is 4.70. The van der Waals surface area contributed by atoms with Gasteiger partial charge in [0.1, 0.15) is 17.1 Å². The van der Waals surface area contributed by atoms with E-state index in [2.05, 4.69) is 48.7 Å². The van der Waals surface area contributed by atoms with Crippen LogP contribution in [0.3, 0.4) is 0 Å². The van der Waals surface area contributed by atoms with Crippen molar-refractivity contribution in [2.45, 2.75) is 13.3 Å². The molecule has 9 heteroatoms. The highest BCUT2D eigenvalue weighted by Gasteiger charge is 2.15. The number of benzene rings is 1. The molecule has 0 bridgehead atoms. The Morgan fingerprint density at radius 1 is 1.25 bits per heavy atom. The third kappa shape index (κ3) is 5.43. The van der Waals surface area contributed by atoms with Crippen LogP contribution in [0.25, 0.3) is 10.6 Å². The van der Waals surface area contributed by atoms with Gasteiger partial charge >= 0.3 is 6.09 Å². The first-order valence-electron chi connectivity index (χ1n) is 8.62. The van der Waals surface area contributed by atoms with Crippen molar-refractivity contribution in [3.05, 3.63) is 52.8 Å². The Morgan fingerprint density at radius 2 is 2.04 bits per heavy atom. The van der Waals surface area contributed by atoms with E-state index in [4.69, 9.17) is 9.84 Å². The Kier molecular flexibility index (Phi) is 6.83. The lowest BCUT2D eigenvalue weighted by Gasteiger charge is -2.06. The van der Waals surface area contributed by atoms with Crippen molar-refractivity contribution in [1.82, 2.24) is 9.97 Å². The van der Waals surface area contributed by atoms with E-state index in [1.54, 1.807) is 6.07 Å². The molecule has 3 aromatic rings. The van der Waals surface area contributed by atoms with Gasteiger partial charge in [-0.1, -0.05) is 28.1 Å². The molecule has 0 spiro atoms. The number of hydrogen-bond donors (Lipinski definition) is 3. The van der Waals surface area contributed by atoms with Crippen LogP contribution in [-0.2, 0) is 6.42 Å². The minimum absolute atomic E-state index is 0.438. The molecule has 7 nitrogen and oxygen atoms in total. The summed E-state index contributed by atoms with van der Waals surface area (Å²) in [6.07, 6.45) is 1.22. The number of nitrogens with one attached hydrogen (secondary N) is 2. The van der Waals surface area contributed by atoms with Crippen LogP contribution in [0.4, 0.5) is 15.6 Å². The second-order valence-electron chi connectivity index (χ2n) is 5.76. The van der Waals surface area contributed by atoms with Crippen LogP contribution >= 0.6 is 27.3 Å². The molecule has 0 unspecified atom stereocenters. The third-order valence-electron chi connectivity index (χ3n) is 3.77. The zero-order valence-corrected chi connectivity index (χ0v) is 17.5. The smallest absolute Gasteiger partial charge is 0.409 e. The molecule has 1 amide bonds. The van der Waals surface area contributed by atoms with Crippen LogP contribution in [0, 0.1) is 0 Å². The number of carbonyl (C=O) groups is 1. The van der Waals surface area contributed by atoms with E-state index in [0.717, 1.165) is 22.3 Å². The van der Waals surface area contributed by atoms with Crippen LogP contribution in [0.1, 0.15) is 12.5 Å². The van der Waals surface area contributed by atoms with Gasteiger partial charge in [0, 0.05) is 23.2 Å². The molecule has 2 heterocycles. The van der Waals surface area contributed by atoms with E-state index >= 15 is 0 Å². The normalized spacial score (nSPS) is 10.5. The molecule has 0 aliphatic heterocycles. The van der Waals surface area contributed by atoms with Gasteiger partial charge in [-0.15, -0.1) is 11.3 Å². The zero-order chi connectivity index (χ0) is 19.9. The number of rotatable bonds is 8. The lowest BCUT2D eigenvalue weighted by Crippen LogP contribution is -2.07. The quantitative estimate of drug-likeness (QED) is 0.430. The molecule has 0 saturated carbocycles. The van der Waals surface area contributed by atoms with E-state index in [-0.39, 0.29) is 0 Å². The summed E-state index contributed by atoms with van der Waals surface area (Å²) in [5, 5.41) is 15.1. The molecule has 3 rings (SSSR count). The summed E-state index contributed by atoms with van der Waals surface area (Å²) < 4.78 is 6.57. The fourth-order valence-corrected chi connectivity index (χ4v) is 3.75. The molecule has 146 valence electrons. The van der Waals surface area contributed by atoms with Gasteiger partial charge in [-0.25, -0.2) is 14.8 Å². The summed E-state index contributed by atoms with van der Waals surface area (Å²) in [5.74, 6) is 1.20. The molecule has 0 saturated heterocycles. The molecular weight excluding hydrogens is 444 g/mol. The molecule has 0 radical (unpaired) electrons. The van der Waals surface area contributed by atoms with Gasteiger partial charge in [-0.2, -0.15) is 0 Å². The Bertz CT molecular complexity index is 947. The largest absolute Gasteiger partial charge is 0.491 e. The maximum atomic E-state index is 11.0. The second kappa shape index (κ2) is 9.52. The van der Waals surface area contributed by atoms with Gasteiger partial charge in [-0.3, -0.25) is 5.32 Å². The first-order chi connectivity index (χ1) is 13.5. The Hall–Kier alpha value is -2.65. The highest BCUT2D eigenvalue weighted by atomic mass is 79.9. The maximum absolute atomic E-state index is 11.0. The van der Waals surface area contributed by atoms with Crippen molar-refractivity contribution in [1.29, 1.82) is 0 Å². The summed E-state index contributed by atoms with van der Waals surface area (Å²) in [6, 6.07) is 11.8. The molecule has 0 atom stereocenters. The van der Waals surface area contributed by atoms with Crippen molar-refractivity contribution in [2.24, 2.45) is 0 Å². The van der Waals surface area contributed by atoms with Crippen molar-refractivity contribution < 1.29 is 14.6 Å². The van der Waals surface area contributed by atoms with Crippen molar-refractivity contribution in [2.75, 3.05) is 23.8 Å². The van der Waals surface area contributed by atoms with Crippen LogP contribution in [0.5, 0.6) is 5.75 Å². The van der Waals surface area contributed by atoms with Crippen molar-refractivity contribution in [3.8, 4) is 16.3 Å². The van der Waals surface area contributed by atoms with Crippen molar-refractivity contribution >= 4 is 44.2 Å². The second-order valence-corrected chi connectivity index (χ2v) is 7.73. The van der Waals surface area contributed by atoms with Crippen molar-refractivity contribution in [3.63, 3.8) is 0 Å². The van der Waals surface area contributed by atoms with Crippen LogP contribution in [0.2, 0.25) is 0 Å². The number of thiophene rings is 1. The number of amides is 1. The topological polar surface area (TPSA) is 96.4 Å². The third-order valence-corrected chi connectivity index (χ3v) is 5.35. The van der Waals surface area contributed by atoms with Crippen LogP contribution in [0.15, 0.2) is 47.2 Å². The summed E-state index contributed by atoms with van der Waals surface area (Å²) in [6.45, 7) is 3.02. The fraction of sp³-hybridized carbons (Fsp3) is 0.211. The maximum Gasteiger partial charge on any atom is 0.409 e. The number of aromatic nitrogens is 2. The molecule has 28 heavy (non-hydrogen) atoms. The predicted octanol–water partition coefficient (Wildman–Crippen LogP) is 5.11. The predicted molar refractivity (Wildman–Crippen MR) is 114 cm³/mol. The average molecular weight is 463 g/mol. The van der Waals surface area contributed by atoms with Crippen LogP contribution in [-0.4, -0.2) is 34.3 Å². The minimum atomic E-state index is -1.13. The highest BCUT2D eigenvalue weighted by molar-refractivity contribution is 9.10. The van der Waals surface area contributed by atoms with Gasteiger partial charge in [0.15, 0.2) is 5.75 Å². The number of ether oxygens (including phenoxy) is 1. The summed E-state index contributed by atoms with van der Waals surface area (Å²) in [4.78, 5) is 20.3. The molecular formula is C19H19BrN4O3S. The van der Waals surface area contributed by atoms with Gasteiger partial charge in [-0.05, 0) is 31.0 Å². The van der Waals surface area contributed by atoms with E-state index < -0.39 is 6.09 Å². The van der Waals surface area contributed by atoms with Gasteiger partial charge in [0.25, 0.3) is 0 Å². The Balaban J connectivity index is 1.70. The van der Waals surface area contributed by atoms with Gasteiger partial charge in [0.2, 0.25) is 0 Å². The Morgan fingerprint density at radius 3 is 2.75 bits per heavy atom. The summed E-state index contributed by atoms with van der Waals surface area (Å²) in [7, 11) is 0. The molecule has 2 aromatic heterocycles. The molecule has 3 N–H and O–H groups in total. The molecule has 1 aromatic carbocycles. The highest BCUT2D eigenvalue weighted by Crippen LogP contribution is 2.40. The monoisotopic (exact) mass is 462 g/mol. The fourth-order valence-electron chi connectivity index (χ4n) is 2.52. The number of anilines is 2. The standard InChI is InChI=1S/C19H19BrN4O3S/c1-2-27-15-10-16(28-18(15)24-19(25)26)14-9-17(23-11-22-14)21-8-7-12-3-5-13(20)6-4-12/h3-6,9-11,24H,2,7-8H2,1H3,(H,25,26)(H,21,22,23). The molecule has 0 aliphatic carbocycles. The lowest BCUT2D eigenvalue weighted by atomic mass is 10.1. The number of nitrogens with zero attached hydrogens (tertiary/aromatic N) is 2. The van der Waals surface area contributed by atoms with E-state index in [1.807, 2.05) is 25.1 Å². The number of carboxylic acid groups (broad SMARTS) is 1. The first kappa shape index (κ1) is 20.1. The average Bonchev–Trinajstić information content (AvgIpc) is 3.06. The molecule has 0 aliphatic rings. The SMILES string of the molecule is CCOc1cc(-c2cc(NCCc3ccc(Br)cc3)ncn2)sc1NC(=O)O.